The van der Waals surface area contributed by atoms with E-state index in [-0.39, 0.29) is 41.5 Å². The first-order valence-corrected chi connectivity index (χ1v) is 7.50. The molecule has 0 atom stereocenters. The summed E-state index contributed by atoms with van der Waals surface area (Å²) in [4.78, 5) is 4.71. The number of nitrogens with one attached hydrogen (secondary N) is 2. The van der Waals surface area contributed by atoms with Crippen LogP contribution >= 0.6 is 24.0 Å². The molecule has 0 aromatic rings. The van der Waals surface area contributed by atoms with Crippen LogP contribution in [0.15, 0.2) is 4.99 Å². The maximum atomic E-state index is 9.24. The normalized spacial score (nSPS) is 12.8. The Morgan fingerprint density at radius 3 is 2.00 bits per heavy atom. The second-order valence-electron chi connectivity index (χ2n) is 6.25. The third-order valence-corrected chi connectivity index (χ3v) is 3.55. The van der Waals surface area contributed by atoms with Crippen LogP contribution in [-0.4, -0.2) is 36.3 Å². The molecular weight excluding hydrogens is 365 g/mol. The van der Waals surface area contributed by atoms with Crippen LogP contribution in [0.1, 0.15) is 60.8 Å². The average molecular weight is 399 g/mol. The number of aliphatic hydroxyl groups is 1. The first kappa shape index (κ1) is 22.2. The lowest BCUT2D eigenvalue weighted by Gasteiger charge is -2.30. The summed E-state index contributed by atoms with van der Waals surface area (Å²) in [6.45, 7) is 14.7. The third kappa shape index (κ3) is 9.00. The Balaban J connectivity index is 0. The predicted octanol–water partition coefficient (Wildman–Crippen LogP) is 3.15. The van der Waals surface area contributed by atoms with Gasteiger partial charge in [-0.1, -0.05) is 13.8 Å². The standard InChI is InChI=1S/C15H33N3O.HI/c1-7-15(8-2,10-11-19)12-17-13(16-9-3)18-14(4,5)6;/h19H,7-12H2,1-6H3,(H2,16,17,18);1H. The first-order valence-electron chi connectivity index (χ1n) is 7.50. The summed E-state index contributed by atoms with van der Waals surface area (Å²) in [6, 6.07) is 0. The number of hydrogen-bond acceptors (Lipinski definition) is 2. The van der Waals surface area contributed by atoms with Crippen molar-refractivity contribution in [2.45, 2.75) is 66.3 Å². The molecule has 0 aliphatic rings. The van der Waals surface area contributed by atoms with Gasteiger partial charge in [0.1, 0.15) is 0 Å². The van der Waals surface area contributed by atoms with Gasteiger partial charge in [-0.3, -0.25) is 4.99 Å². The molecule has 0 amide bonds. The summed E-state index contributed by atoms with van der Waals surface area (Å²) >= 11 is 0. The van der Waals surface area contributed by atoms with E-state index < -0.39 is 0 Å². The molecule has 0 aliphatic heterocycles. The van der Waals surface area contributed by atoms with E-state index in [2.05, 4.69) is 52.2 Å². The Kier molecular flexibility index (Phi) is 11.8. The van der Waals surface area contributed by atoms with Crippen molar-refractivity contribution in [2.24, 2.45) is 10.4 Å². The Bertz CT molecular complexity index is 271. The summed E-state index contributed by atoms with van der Waals surface area (Å²) in [5.74, 6) is 0.860. The van der Waals surface area contributed by atoms with E-state index in [0.29, 0.717) is 0 Å². The van der Waals surface area contributed by atoms with Crippen molar-refractivity contribution in [1.29, 1.82) is 0 Å². The van der Waals surface area contributed by atoms with Crippen molar-refractivity contribution in [2.75, 3.05) is 19.7 Å². The Hall–Kier alpha value is -0.0400. The molecule has 0 aromatic heterocycles. The quantitative estimate of drug-likeness (QED) is 0.350. The molecule has 122 valence electrons. The van der Waals surface area contributed by atoms with Gasteiger partial charge < -0.3 is 15.7 Å². The molecule has 4 nitrogen and oxygen atoms in total. The zero-order valence-corrected chi connectivity index (χ0v) is 16.4. The zero-order chi connectivity index (χ0) is 14.9. The number of guanidine groups is 1. The van der Waals surface area contributed by atoms with Gasteiger partial charge in [-0.15, -0.1) is 24.0 Å². The SMILES string of the molecule is CCNC(=NCC(CC)(CC)CCO)NC(C)(C)C.I. The van der Waals surface area contributed by atoms with Crippen LogP contribution < -0.4 is 10.6 Å². The molecule has 0 unspecified atom stereocenters. The summed E-state index contributed by atoms with van der Waals surface area (Å²) in [5, 5.41) is 15.9. The molecule has 20 heavy (non-hydrogen) atoms. The average Bonchev–Trinajstić information content (AvgIpc) is 2.33. The minimum atomic E-state index is -0.000921. The van der Waals surface area contributed by atoms with Crippen molar-refractivity contribution < 1.29 is 5.11 Å². The monoisotopic (exact) mass is 399 g/mol. The van der Waals surface area contributed by atoms with Crippen LogP contribution in [-0.2, 0) is 0 Å². The fraction of sp³-hybridized carbons (Fsp3) is 0.933. The summed E-state index contributed by atoms with van der Waals surface area (Å²) in [6.07, 6.45) is 2.91. The van der Waals surface area contributed by atoms with Gasteiger partial charge in [0.2, 0.25) is 0 Å². The van der Waals surface area contributed by atoms with E-state index in [4.69, 9.17) is 4.99 Å². The van der Waals surface area contributed by atoms with E-state index in [1.54, 1.807) is 0 Å². The van der Waals surface area contributed by atoms with E-state index in [9.17, 15) is 5.11 Å². The summed E-state index contributed by atoms with van der Waals surface area (Å²) in [7, 11) is 0. The maximum Gasteiger partial charge on any atom is 0.191 e. The molecular formula is C15H34IN3O. The lowest BCUT2D eigenvalue weighted by atomic mass is 9.79. The van der Waals surface area contributed by atoms with E-state index in [0.717, 1.165) is 38.3 Å². The van der Waals surface area contributed by atoms with Crippen LogP contribution in [0.2, 0.25) is 0 Å². The second-order valence-corrected chi connectivity index (χ2v) is 6.25. The Labute approximate surface area is 142 Å². The lowest BCUT2D eigenvalue weighted by Crippen LogP contribution is -2.48. The molecule has 0 fully saturated rings. The van der Waals surface area contributed by atoms with Gasteiger partial charge in [-0.05, 0) is 52.4 Å². The van der Waals surface area contributed by atoms with Crippen LogP contribution in [0.5, 0.6) is 0 Å². The highest BCUT2D eigenvalue weighted by atomic mass is 127. The van der Waals surface area contributed by atoms with Crippen LogP contribution in [0, 0.1) is 5.41 Å². The van der Waals surface area contributed by atoms with E-state index in [1.807, 2.05) is 0 Å². The number of hydrogen-bond donors (Lipinski definition) is 3. The summed E-state index contributed by atoms with van der Waals surface area (Å²) < 4.78 is 0. The first-order chi connectivity index (χ1) is 8.82. The number of aliphatic hydroxyl groups excluding tert-OH is 1. The summed E-state index contributed by atoms with van der Waals surface area (Å²) in [5.41, 5.74) is 0.119. The topological polar surface area (TPSA) is 56.7 Å². The minimum Gasteiger partial charge on any atom is -0.396 e. The van der Waals surface area contributed by atoms with E-state index >= 15 is 0 Å². The van der Waals surface area contributed by atoms with Crippen molar-refractivity contribution in [3.8, 4) is 0 Å². The second kappa shape index (κ2) is 10.7. The number of halogens is 1. The molecule has 0 aliphatic carbocycles. The fourth-order valence-corrected chi connectivity index (χ4v) is 2.05. The van der Waals surface area contributed by atoms with Crippen LogP contribution in [0.4, 0.5) is 0 Å². The van der Waals surface area contributed by atoms with Gasteiger partial charge in [0.25, 0.3) is 0 Å². The number of nitrogens with zero attached hydrogens (tertiary/aromatic N) is 1. The Morgan fingerprint density at radius 1 is 1.10 bits per heavy atom. The minimum absolute atomic E-state index is 0. The molecule has 0 rings (SSSR count). The van der Waals surface area contributed by atoms with E-state index in [1.165, 1.54) is 0 Å². The van der Waals surface area contributed by atoms with Gasteiger partial charge >= 0.3 is 0 Å². The van der Waals surface area contributed by atoms with Crippen molar-refractivity contribution in [3.05, 3.63) is 0 Å². The molecule has 5 heteroatoms. The van der Waals surface area contributed by atoms with Crippen LogP contribution in [0.25, 0.3) is 0 Å². The molecule has 0 heterocycles. The number of rotatable bonds is 7. The van der Waals surface area contributed by atoms with Crippen molar-refractivity contribution in [1.82, 2.24) is 10.6 Å². The van der Waals surface area contributed by atoms with Crippen LogP contribution in [0.3, 0.4) is 0 Å². The predicted molar refractivity (Wildman–Crippen MR) is 99.0 cm³/mol. The smallest absolute Gasteiger partial charge is 0.191 e. The molecule has 0 saturated carbocycles. The number of aliphatic imine (C=N–C) groups is 1. The highest BCUT2D eigenvalue weighted by Gasteiger charge is 2.25. The molecule has 0 radical (unpaired) electrons. The third-order valence-electron chi connectivity index (χ3n) is 3.55. The molecule has 3 N–H and O–H groups in total. The fourth-order valence-electron chi connectivity index (χ4n) is 2.05. The van der Waals surface area contributed by atoms with Gasteiger partial charge in [0, 0.05) is 25.2 Å². The lowest BCUT2D eigenvalue weighted by molar-refractivity contribution is 0.175. The molecule has 0 saturated heterocycles. The Morgan fingerprint density at radius 2 is 1.65 bits per heavy atom. The van der Waals surface area contributed by atoms with Gasteiger partial charge in [-0.25, -0.2) is 0 Å². The highest BCUT2D eigenvalue weighted by molar-refractivity contribution is 14.0. The van der Waals surface area contributed by atoms with Gasteiger partial charge in [0.15, 0.2) is 5.96 Å². The zero-order valence-electron chi connectivity index (χ0n) is 14.0. The largest absolute Gasteiger partial charge is 0.396 e. The molecule has 0 bridgehead atoms. The molecule has 0 spiro atoms. The maximum absolute atomic E-state index is 9.24. The molecule has 0 aromatic carbocycles. The van der Waals surface area contributed by atoms with Gasteiger partial charge in [-0.2, -0.15) is 0 Å². The van der Waals surface area contributed by atoms with Crippen molar-refractivity contribution >= 4 is 29.9 Å². The van der Waals surface area contributed by atoms with Gasteiger partial charge in [0.05, 0.1) is 0 Å². The highest BCUT2D eigenvalue weighted by Crippen LogP contribution is 2.30. The van der Waals surface area contributed by atoms with Crippen molar-refractivity contribution in [3.63, 3.8) is 0 Å².